The summed E-state index contributed by atoms with van der Waals surface area (Å²) in [5.74, 6) is 1.06. The molecule has 3 N–H and O–H groups in total. The van der Waals surface area contributed by atoms with Crippen molar-refractivity contribution in [3.8, 4) is 11.5 Å². The molecule has 0 heterocycles. The van der Waals surface area contributed by atoms with Crippen molar-refractivity contribution in [2.75, 3.05) is 19.8 Å². The van der Waals surface area contributed by atoms with E-state index >= 15 is 0 Å². The first-order valence-corrected chi connectivity index (χ1v) is 6.05. The molecular formula is C13H20N2O3. The summed E-state index contributed by atoms with van der Waals surface area (Å²) < 4.78 is 10.8. The molecule has 100 valence electrons. The van der Waals surface area contributed by atoms with E-state index in [0.717, 1.165) is 5.75 Å². The molecule has 0 spiro atoms. The van der Waals surface area contributed by atoms with Crippen LogP contribution in [0.2, 0.25) is 0 Å². The highest BCUT2D eigenvalue weighted by atomic mass is 16.5. The second kappa shape index (κ2) is 7.55. The lowest BCUT2D eigenvalue weighted by atomic mass is 10.3. The van der Waals surface area contributed by atoms with E-state index in [9.17, 15) is 4.79 Å². The molecule has 0 fully saturated rings. The van der Waals surface area contributed by atoms with Crippen LogP contribution >= 0.6 is 0 Å². The number of nitrogens with two attached hydrogens (primary N) is 1. The van der Waals surface area contributed by atoms with Crippen molar-refractivity contribution in [2.24, 2.45) is 5.73 Å². The first kappa shape index (κ1) is 14.3. The summed E-state index contributed by atoms with van der Waals surface area (Å²) in [7, 11) is 0. The standard InChI is InChI=1S/C13H20N2O3/c1-3-15-12(13(14)16)9-18-11-7-5-10(6-8-11)17-4-2/h5-8,12,15H,3-4,9H2,1-2H3,(H2,14,16). The van der Waals surface area contributed by atoms with Crippen molar-refractivity contribution in [2.45, 2.75) is 19.9 Å². The Morgan fingerprint density at radius 1 is 1.22 bits per heavy atom. The Morgan fingerprint density at radius 3 is 2.22 bits per heavy atom. The van der Waals surface area contributed by atoms with Crippen molar-refractivity contribution >= 4 is 5.91 Å². The van der Waals surface area contributed by atoms with Gasteiger partial charge in [0.1, 0.15) is 24.1 Å². The molecular weight excluding hydrogens is 232 g/mol. The predicted molar refractivity (Wildman–Crippen MR) is 69.8 cm³/mol. The Labute approximate surface area is 107 Å². The highest BCUT2D eigenvalue weighted by Crippen LogP contribution is 2.17. The van der Waals surface area contributed by atoms with Crippen LogP contribution in [-0.4, -0.2) is 31.7 Å². The van der Waals surface area contributed by atoms with Crippen molar-refractivity contribution in [1.82, 2.24) is 5.32 Å². The minimum Gasteiger partial charge on any atom is -0.494 e. The number of nitrogens with one attached hydrogen (secondary N) is 1. The minimum absolute atomic E-state index is 0.219. The zero-order valence-corrected chi connectivity index (χ0v) is 10.8. The van der Waals surface area contributed by atoms with Crippen molar-refractivity contribution in [3.63, 3.8) is 0 Å². The van der Waals surface area contributed by atoms with E-state index in [0.29, 0.717) is 18.9 Å². The molecule has 0 radical (unpaired) electrons. The third-order valence-electron chi connectivity index (χ3n) is 2.35. The molecule has 1 aromatic carbocycles. The van der Waals surface area contributed by atoms with Crippen LogP contribution < -0.4 is 20.5 Å². The molecule has 0 aliphatic rings. The quantitative estimate of drug-likeness (QED) is 0.721. The van der Waals surface area contributed by atoms with Gasteiger partial charge in [0.05, 0.1) is 6.61 Å². The number of amides is 1. The second-order valence-corrected chi connectivity index (χ2v) is 3.73. The van der Waals surface area contributed by atoms with Crippen LogP contribution in [0.1, 0.15) is 13.8 Å². The minimum atomic E-state index is -0.471. The van der Waals surface area contributed by atoms with Gasteiger partial charge in [-0.25, -0.2) is 0 Å². The molecule has 0 saturated heterocycles. The van der Waals surface area contributed by atoms with Crippen LogP contribution in [0.3, 0.4) is 0 Å². The Bertz CT molecular complexity index is 365. The average Bonchev–Trinajstić information content (AvgIpc) is 2.36. The van der Waals surface area contributed by atoms with Crippen LogP contribution in [0.25, 0.3) is 0 Å². The number of benzene rings is 1. The third kappa shape index (κ3) is 4.63. The van der Waals surface area contributed by atoms with E-state index < -0.39 is 11.9 Å². The summed E-state index contributed by atoms with van der Waals surface area (Å²) in [6.45, 7) is 5.35. The Hall–Kier alpha value is -1.75. The van der Waals surface area contributed by atoms with Crippen LogP contribution in [0.5, 0.6) is 11.5 Å². The molecule has 5 nitrogen and oxygen atoms in total. The zero-order chi connectivity index (χ0) is 13.4. The zero-order valence-electron chi connectivity index (χ0n) is 10.8. The maximum absolute atomic E-state index is 11.1. The summed E-state index contributed by atoms with van der Waals surface area (Å²) >= 11 is 0. The van der Waals surface area contributed by atoms with Gasteiger partial charge in [-0.2, -0.15) is 0 Å². The number of carbonyl (C=O) groups is 1. The van der Waals surface area contributed by atoms with Crippen LogP contribution in [0.15, 0.2) is 24.3 Å². The molecule has 1 amide bonds. The highest BCUT2D eigenvalue weighted by Gasteiger charge is 2.14. The summed E-state index contributed by atoms with van der Waals surface area (Å²) in [5, 5.41) is 2.96. The van der Waals surface area contributed by atoms with Gasteiger partial charge in [0, 0.05) is 0 Å². The molecule has 5 heteroatoms. The van der Waals surface area contributed by atoms with Gasteiger partial charge in [0.2, 0.25) is 5.91 Å². The molecule has 1 rings (SSSR count). The number of ether oxygens (including phenoxy) is 2. The summed E-state index contributed by atoms with van der Waals surface area (Å²) in [6, 6.07) is 6.78. The van der Waals surface area contributed by atoms with Gasteiger partial charge in [-0.3, -0.25) is 4.79 Å². The molecule has 0 saturated carbocycles. The second-order valence-electron chi connectivity index (χ2n) is 3.73. The van der Waals surface area contributed by atoms with Gasteiger partial charge in [0.25, 0.3) is 0 Å². The maximum atomic E-state index is 11.1. The Morgan fingerprint density at radius 2 is 1.78 bits per heavy atom. The van der Waals surface area contributed by atoms with Gasteiger partial charge in [0.15, 0.2) is 0 Å². The number of carbonyl (C=O) groups excluding carboxylic acids is 1. The fourth-order valence-electron chi connectivity index (χ4n) is 1.47. The van der Waals surface area contributed by atoms with Gasteiger partial charge in [-0.05, 0) is 37.7 Å². The number of rotatable bonds is 8. The lowest BCUT2D eigenvalue weighted by Gasteiger charge is -2.15. The smallest absolute Gasteiger partial charge is 0.238 e. The lowest BCUT2D eigenvalue weighted by molar-refractivity contribution is -0.120. The van der Waals surface area contributed by atoms with E-state index in [1.165, 1.54) is 0 Å². The third-order valence-corrected chi connectivity index (χ3v) is 2.35. The van der Waals surface area contributed by atoms with Crippen LogP contribution in [0, 0.1) is 0 Å². The molecule has 0 bridgehead atoms. The SMILES string of the molecule is CCNC(COc1ccc(OCC)cc1)C(N)=O. The fourth-order valence-corrected chi connectivity index (χ4v) is 1.47. The average molecular weight is 252 g/mol. The molecule has 1 unspecified atom stereocenters. The number of likely N-dealkylation sites (N-methyl/N-ethyl adjacent to an activating group) is 1. The maximum Gasteiger partial charge on any atom is 0.238 e. The first-order valence-electron chi connectivity index (χ1n) is 6.05. The van der Waals surface area contributed by atoms with E-state index in [4.69, 9.17) is 15.2 Å². The normalized spacial score (nSPS) is 11.9. The highest BCUT2D eigenvalue weighted by molar-refractivity contribution is 5.80. The molecule has 1 atom stereocenters. The van der Waals surface area contributed by atoms with Crippen molar-refractivity contribution < 1.29 is 14.3 Å². The molecule has 0 aromatic heterocycles. The Kier molecular flexibility index (Phi) is 6.00. The molecule has 0 aliphatic heterocycles. The largest absolute Gasteiger partial charge is 0.494 e. The molecule has 0 aliphatic carbocycles. The lowest BCUT2D eigenvalue weighted by Crippen LogP contribution is -2.45. The summed E-state index contributed by atoms with van der Waals surface area (Å²) in [4.78, 5) is 11.1. The van der Waals surface area contributed by atoms with Gasteiger partial charge in [-0.1, -0.05) is 6.92 Å². The predicted octanol–water partition coefficient (Wildman–Crippen LogP) is 0.927. The fraction of sp³-hybridized carbons (Fsp3) is 0.462. The number of primary amides is 1. The summed E-state index contributed by atoms with van der Waals surface area (Å²) in [6.07, 6.45) is 0. The molecule has 18 heavy (non-hydrogen) atoms. The van der Waals surface area contributed by atoms with Gasteiger partial charge in [-0.15, -0.1) is 0 Å². The molecule has 1 aromatic rings. The van der Waals surface area contributed by atoms with Crippen molar-refractivity contribution in [1.29, 1.82) is 0 Å². The van der Waals surface area contributed by atoms with E-state index in [1.54, 1.807) is 12.1 Å². The van der Waals surface area contributed by atoms with Gasteiger partial charge < -0.3 is 20.5 Å². The Balaban J connectivity index is 2.48. The van der Waals surface area contributed by atoms with Crippen LogP contribution in [-0.2, 0) is 4.79 Å². The first-order chi connectivity index (χ1) is 8.67. The topological polar surface area (TPSA) is 73.6 Å². The van der Waals surface area contributed by atoms with E-state index in [-0.39, 0.29) is 6.61 Å². The number of hydrogen-bond donors (Lipinski definition) is 2. The van der Waals surface area contributed by atoms with E-state index in [2.05, 4.69) is 5.32 Å². The summed E-state index contributed by atoms with van der Waals surface area (Å²) in [5.41, 5.74) is 5.25. The monoisotopic (exact) mass is 252 g/mol. The van der Waals surface area contributed by atoms with Crippen LogP contribution in [0.4, 0.5) is 0 Å². The van der Waals surface area contributed by atoms with E-state index in [1.807, 2.05) is 26.0 Å². The number of hydrogen-bond acceptors (Lipinski definition) is 4. The van der Waals surface area contributed by atoms with Crippen molar-refractivity contribution in [3.05, 3.63) is 24.3 Å². The van der Waals surface area contributed by atoms with Gasteiger partial charge >= 0.3 is 0 Å².